The zero-order valence-corrected chi connectivity index (χ0v) is 19.5. The molecule has 0 aromatic carbocycles. The van der Waals surface area contributed by atoms with Crippen molar-refractivity contribution in [2.24, 2.45) is 10.9 Å². The number of hydrogen-bond donors (Lipinski definition) is 2. The molecule has 9 nitrogen and oxygen atoms in total. The molecule has 0 radical (unpaired) electrons. The van der Waals surface area contributed by atoms with Crippen molar-refractivity contribution in [1.29, 1.82) is 0 Å². The fourth-order valence-corrected chi connectivity index (χ4v) is 3.98. The highest BCUT2D eigenvalue weighted by atomic mass is 127. The third-order valence-corrected chi connectivity index (χ3v) is 6.27. The average molecular weight is 553 g/mol. The molecule has 29 heavy (non-hydrogen) atoms. The van der Waals surface area contributed by atoms with Crippen molar-refractivity contribution in [3.05, 3.63) is 12.2 Å². The van der Waals surface area contributed by atoms with Crippen LogP contribution in [0.1, 0.15) is 25.6 Å². The maximum absolute atomic E-state index is 12.6. The maximum Gasteiger partial charge on any atom is 0.511 e. The van der Waals surface area contributed by atoms with E-state index < -0.39 is 15.5 Å². The number of alkyl halides is 3. The van der Waals surface area contributed by atoms with Crippen LogP contribution in [0.2, 0.25) is 0 Å². The van der Waals surface area contributed by atoms with E-state index in [9.17, 15) is 21.6 Å². The Bertz CT molecular complexity index is 762. The lowest BCUT2D eigenvalue weighted by atomic mass is 9.98. The molecule has 14 heteroatoms. The Kier molecular flexibility index (Phi) is 10.1. The standard InChI is InChI=1S/C15H26F3N7O2S.HI/c1-3-13-23-22-11-24(13)9-6-20-14(19-2)21-10-12-4-7-25(8-5-12)28(26,27)15(16,17)18;/h11-12H,3-10H2,1-2H3,(H2,19,20,21);1H. The fourth-order valence-electron chi connectivity index (χ4n) is 3.00. The number of aryl methyl sites for hydroxylation is 1. The summed E-state index contributed by atoms with van der Waals surface area (Å²) in [5.41, 5.74) is -5.24. The van der Waals surface area contributed by atoms with Crippen molar-refractivity contribution >= 4 is 40.0 Å². The van der Waals surface area contributed by atoms with Crippen LogP contribution in [0, 0.1) is 5.92 Å². The number of rotatable bonds is 7. The summed E-state index contributed by atoms with van der Waals surface area (Å²) in [5, 5.41) is 14.2. The molecule has 1 saturated heterocycles. The molecule has 168 valence electrons. The van der Waals surface area contributed by atoms with Gasteiger partial charge in [0.15, 0.2) is 5.96 Å². The van der Waals surface area contributed by atoms with Gasteiger partial charge in [0, 0.05) is 46.2 Å². The van der Waals surface area contributed by atoms with Gasteiger partial charge < -0.3 is 15.2 Å². The van der Waals surface area contributed by atoms with Gasteiger partial charge in [0.2, 0.25) is 0 Å². The smallest absolute Gasteiger partial charge is 0.356 e. The molecule has 0 spiro atoms. The zero-order valence-electron chi connectivity index (χ0n) is 16.3. The van der Waals surface area contributed by atoms with Crippen LogP contribution in [0.15, 0.2) is 11.3 Å². The largest absolute Gasteiger partial charge is 0.511 e. The second-order valence-electron chi connectivity index (χ2n) is 6.47. The SMILES string of the molecule is CCc1nncn1CCNC(=NC)NCC1CCN(S(=O)(=O)C(F)(F)F)CC1.I. The molecule has 2 N–H and O–H groups in total. The van der Waals surface area contributed by atoms with E-state index in [0.717, 1.165) is 12.2 Å². The van der Waals surface area contributed by atoms with Gasteiger partial charge in [-0.15, -0.1) is 34.2 Å². The first-order valence-electron chi connectivity index (χ1n) is 9.06. The third kappa shape index (κ3) is 6.94. The maximum atomic E-state index is 12.6. The van der Waals surface area contributed by atoms with Crippen LogP contribution in [0.3, 0.4) is 0 Å². The number of aromatic nitrogens is 3. The minimum Gasteiger partial charge on any atom is -0.356 e. The molecule has 1 aromatic heterocycles. The van der Waals surface area contributed by atoms with Crippen molar-refractivity contribution in [1.82, 2.24) is 29.7 Å². The highest BCUT2D eigenvalue weighted by molar-refractivity contribution is 14.0. The highest BCUT2D eigenvalue weighted by Crippen LogP contribution is 2.30. The topological polar surface area (TPSA) is 105 Å². The molecule has 0 amide bonds. The Morgan fingerprint density at radius 2 is 1.97 bits per heavy atom. The molecule has 0 unspecified atom stereocenters. The van der Waals surface area contributed by atoms with Crippen molar-refractivity contribution in [3.8, 4) is 0 Å². The molecule has 0 aliphatic carbocycles. The van der Waals surface area contributed by atoms with Crippen molar-refractivity contribution in [2.75, 3.05) is 33.2 Å². The monoisotopic (exact) mass is 553 g/mol. The van der Waals surface area contributed by atoms with Gasteiger partial charge in [0.05, 0.1) is 0 Å². The number of nitrogens with one attached hydrogen (secondary N) is 2. The molecule has 2 heterocycles. The van der Waals surface area contributed by atoms with E-state index in [0.29, 0.717) is 42.7 Å². The second kappa shape index (κ2) is 11.3. The number of hydrogen-bond acceptors (Lipinski definition) is 5. The lowest BCUT2D eigenvalue weighted by Crippen LogP contribution is -2.47. The van der Waals surface area contributed by atoms with Crippen LogP contribution in [0.5, 0.6) is 0 Å². The number of piperidine rings is 1. The van der Waals surface area contributed by atoms with E-state index in [-0.39, 0.29) is 43.0 Å². The summed E-state index contributed by atoms with van der Waals surface area (Å²) in [5.74, 6) is 1.55. The van der Waals surface area contributed by atoms with Gasteiger partial charge >= 0.3 is 15.5 Å². The molecule has 1 aromatic rings. The molecule has 1 fully saturated rings. The first kappa shape index (κ1) is 25.9. The number of aliphatic imine (C=N–C) groups is 1. The average Bonchev–Trinajstić information content (AvgIpc) is 3.11. The third-order valence-electron chi connectivity index (χ3n) is 4.64. The van der Waals surface area contributed by atoms with E-state index in [1.165, 1.54) is 0 Å². The first-order valence-corrected chi connectivity index (χ1v) is 10.5. The number of nitrogens with zero attached hydrogens (tertiary/aromatic N) is 5. The van der Waals surface area contributed by atoms with Crippen molar-refractivity contribution in [2.45, 2.75) is 38.2 Å². The van der Waals surface area contributed by atoms with Crippen molar-refractivity contribution < 1.29 is 21.6 Å². The molecular formula is C15H27F3IN7O2S. The van der Waals surface area contributed by atoms with E-state index in [1.807, 2.05) is 11.5 Å². The zero-order chi connectivity index (χ0) is 20.8. The predicted molar refractivity (Wildman–Crippen MR) is 113 cm³/mol. The Labute approximate surface area is 185 Å². The molecule has 2 rings (SSSR count). The summed E-state index contributed by atoms with van der Waals surface area (Å²) >= 11 is 0. The summed E-state index contributed by atoms with van der Waals surface area (Å²) in [6.45, 7) is 3.52. The summed E-state index contributed by atoms with van der Waals surface area (Å²) in [4.78, 5) is 4.12. The molecule has 0 atom stereocenters. The van der Waals surface area contributed by atoms with E-state index in [1.54, 1.807) is 13.4 Å². The van der Waals surface area contributed by atoms with Gasteiger partial charge in [-0.2, -0.15) is 17.5 Å². The minimum absolute atomic E-state index is 0. The number of guanidine groups is 1. The Morgan fingerprint density at radius 3 is 2.52 bits per heavy atom. The van der Waals surface area contributed by atoms with Gasteiger partial charge in [-0.05, 0) is 18.8 Å². The number of sulfonamides is 1. The van der Waals surface area contributed by atoms with Crippen LogP contribution < -0.4 is 10.6 Å². The second-order valence-corrected chi connectivity index (χ2v) is 8.40. The normalized spacial score (nSPS) is 17.1. The van der Waals surface area contributed by atoms with E-state index in [4.69, 9.17) is 0 Å². The molecule has 0 bridgehead atoms. The first-order chi connectivity index (χ1) is 13.2. The number of halogens is 4. The van der Waals surface area contributed by atoms with Crippen LogP contribution in [0.4, 0.5) is 13.2 Å². The summed E-state index contributed by atoms with van der Waals surface area (Å²) in [6.07, 6.45) is 3.18. The fraction of sp³-hybridized carbons (Fsp3) is 0.800. The van der Waals surface area contributed by atoms with Crippen LogP contribution in [0.25, 0.3) is 0 Å². The van der Waals surface area contributed by atoms with Gasteiger partial charge in [-0.1, -0.05) is 6.92 Å². The molecular weight excluding hydrogens is 526 g/mol. The molecule has 0 saturated carbocycles. The van der Waals surface area contributed by atoms with Gasteiger partial charge in [-0.3, -0.25) is 4.99 Å². The Hall–Kier alpha value is -1.16. The van der Waals surface area contributed by atoms with Gasteiger partial charge in [0.25, 0.3) is 0 Å². The van der Waals surface area contributed by atoms with E-state index >= 15 is 0 Å². The lowest BCUT2D eigenvalue weighted by molar-refractivity contribution is -0.0496. The van der Waals surface area contributed by atoms with Gasteiger partial charge in [-0.25, -0.2) is 8.42 Å². The van der Waals surface area contributed by atoms with Crippen molar-refractivity contribution in [3.63, 3.8) is 0 Å². The van der Waals surface area contributed by atoms with Crippen LogP contribution in [-0.2, 0) is 23.0 Å². The Morgan fingerprint density at radius 1 is 1.31 bits per heavy atom. The van der Waals surface area contributed by atoms with Gasteiger partial charge in [0.1, 0.15) is 12.2 Å². The quantitative estimate of drug-likeness (QED) is 0.299. The minimum atomic E-state index is -5.24. The summed E-state index contributed by atoms with van der Waals surface area (Å²) in [7, 11) is -3.60. The lowest BCUT2D eigenvalue weighted by Gasteiger charge is -2.31. The predicted octanol–water partition coefficient (Wildman–Crippen LogP) is 1.19. The van der Waals surface area contributed by atoms with E-state index in [2.05, 4.69) is 25.8 Å². The summed E-state index contributed by atoms with van der Waals surface area (Å²) in [6, 6.07) is 0. The van der Waals surface area contributed by atoms with Crippen LogP contribution >= 0.6 is 24.0 Å². The molecule has 1 aliphatic heterocycles. The Balaban J connectivity index is 0.00000420. The highest BCUT2D eigenvalue weighted by Gasteiger charge is 2.50. The molecule has 1 aliphatic rings. The summed E-state index contributed by atoms with van der Waals surface area (Å²) < 4.78 is 63.1. The van der Waals surface area contributed by atoms with Crippen LogP contribution in [-0.4, -0.2) is 72.2 Å².